The van der Waals surface area contributed by atoms with Gasteiger partial charge in [-0.15, -0.1) is 0 Å². The van der Waals surface area contributed by atoms with E-state index in [0.29, 0.717) is 6.42 Å². The van der Waals surface area contributed by atoms with Crippen molar-refractivity contribution >= 4 is 5.78 Å². The van der Waals surface area contributed by atoms with E-state index in [-0.39, 0.29) is 24.7 Å². The summed E-state index contributed by atoms with van der Waals surface area (Å²) in [5.74, 6) is -1.85. The number of ketones is 1. The standard InChI is InChI=1S/C15H25F3N2O/c1-3-19-4-6-20(7-5-19)14-9-12(11(2)21)8-13(10-14)15(16,17)18/h12-14H,3-10H2,1-2H3. The molecule has 1 aliphatic carbocycles. The number of carbonyl (C=O) groups is 1. The molecule has 1 saturated carbocycles. The third kappa shape index (κ3) is 4.19. The fourth-order valence-electron chi connectivity index (χ4n) is 3.63. The zero-order valence-electron chi connectivity index (χ0n) is 12.8. The van der Waals surface area contributed by atoms with Gasteiger partial charge in [0.15, 0.2) is 0 Å². The van der Waals surface area contributed by atoms with Crippen LogP contribution in [0.3, 0.4) is 0 Å². The zero-order valence-corrected chi connectivity index (χ0v) is 12.8. The normalized spacial score (nSPS) is 33.1. The summed E-state index contributed by atoms with van der Waals surface area (Å²) in [6, 6.07) is -0.0988. The molecule has 0 aromatic carbocycles. The Hall–Kier alpha value is -0.620. The van der Waals surface area contributed by atoms with Crippen molar-refractivity contribution in [1.82, 2.24) is 9.80 Å². The molecule has 0 aromatic heterocycles. The first-order valence-corrected chi connectivity index (χ1v) is 7.84. The van der Waals surface area contributed by atoms with Crippen LogP contribution in [-0.4, -0.2) is 60.5 Å². The van der Waals surface area contributed by atoms with E-state index in [1.165, 1.54) is 6.92 Å². The van der Waals surface area contributed by atoms with Gasteiger partial charge in [-0.3, -0.25) is 9.69 Å². The maximum atomic E-state index is 13.1. The van der Waals surface area contributed by atoms with Gasteiger partial charge < -0.3 is 4.90 Å². The second kappa shape index (κ2) is 6.65. The summed E-state index contributed by atoms with van der Waals surface area (Å²) in [6.45, 7) is 7.96. The SMILES string of the molecule is CCN1CCN(C2CC(C(C)=O)CC(C(F)(F)F)C2)CC1. The Labute approximate surface area is 124 Å². The molecule has 0 aromatic rings. The van der Waals surface area contributed by atoms with Gasteiger partial charge in [-0.2, -0.15) is 13.2 Å². The van der Waals surface area contributed by atoms with Crippen LogP contribution in [0, 0.1) is 11.8 Å². The first-order valence-electron chi connectivity index (χ1n) is 7.84. The Morgan fingerprint density at radius 1 is 1.10 bits per heavy atom. The third-order valence-electron chi connectivity index (χ3n) is 5.09. The molecule has 1 heterocycles. The fraction of sp³-hybridized carbons (Fsp3) is 0.933. The van der Waals surface area contributed by atoms with E-state index < -0.39 is 18.0 Å². The van der Waals surface area contributed by atoms with Crippen LogP contribution >= 0.6 is 0 Å². The second-order valence-electron chi connectivity index (χ2n) is 6.38. The van der Waals surface area contributed by atoms with Crippen LogP contribution < -0.4 is 0 Å². The van der Waals surface area contributed by atoms with Gasteiger partial charge in [-0.25, -0.2) is 0 Å². The van der Waals surface area contributed by atoms with Gasteiger partial charge in [0.05, 0.1) is 5.92 Å². The predicted molar refractivity (Wildman–Crippen MR) is 75.0 cm³/mol. The van der Waals surface area contributed by atoms with Crippen LogP contribution in [-0.2, 0) is 4.79 Å². The average Bonchev–Trinajstić information content (AvgIpc) is 2.46. The lowest BCUT2D eigenvalue weighted by Crippen LogP contribution is -2.53. The summed E-state index contributed by atoms with van der Waals surface area (Å²) in [7, 11) is 0. The van der Waals surface area contributed by atoms with E-state index in [1.807, 2.05) is 0 Å². The van der Waals surface area contributed by atoms with Gasteiger partial charge in [0.2, 0.25) is 0 Å². The van der Waals surface area contributed by atoms with Crippen LogP contribution in [0.25, 0.3) is 0 Å². The summed E-state index contributed by atoms with van der Waals surface area (Å²) < 4.78 is 39.3. The van der Waals surface area contributed by atoms with E-state index in [1.54, 1.807) is 0 Å². The molecule has 0 radical (unpaired) electrons. The monoisotopic (exact) mass is 306 g/mol. The van der Waals surface area contributed by atoms with Crippen molar-refractivity contribution in [3.63, 3.8) is 0 Å². The quantitative estimate of drug-likeness (QED) is 0.800. The van der Waals surface area contributed by atoms with Crippen LogP contribution in [0.1, 0.15) is 33.1 Å². The topological polar surface area (TPSA) is 23.6 Å². The lowest BCUT2D eigenvalue weighted by atomic mass is 9.76. The number of hydrogen-bond acceptors (Lipinski definition) is 3. The highest BCUT2D eigenvalue weighted by molar-refractivity contribution is 5.78. The summed E-state index contributed by atoms with van der Waals surface area (Å²) in [5, 5.41) is 0. The molecule has 6 heteroatoms. The average molecular weight is 306 g/mol. The van der Waals surface area contributed by atoms with Crippen LogP contribution in [0.4, 0.5) is 13.2 Å². The van der Waals surface area contributed by atoms with Crippen LogP contribution in [0.5, 0.6) is 0 Å². The van der Waals surface area contributed by atoms with Gasteiger partial charge in [0.1, 0.15) is 5.78 Å². The molecule has 0 bridgehead atoms. The predicted octanol–water partition coefficient (Wildman–Crippen LogP) is 2.56. The molecule has 2 rings (SSSR count). The number of piperazine rings is 1. The molecule has 3 nitrogen and oxygen atoms in total. The van der Waals surface area contributed by atoms with Gasteiger partial charge >= 0.3 is 6.18 Å². The highest BCUT2D eigenvalue weighted by Crippen LogP contribution is 2.41. The smallest absolute Gasteiger partial charge is 0.301 e. The zero-order chi connectivity index (χ0) is 15.6. The van der Waals surface area contributed by atoms with E-state index in [9.17, 15) is 18.0 Å². The molecule has 1 saturated heterocycles. The summed E-state index contributed by atoms with van der Waals surface area (Å²) >= 11 is 0. The molecule has 0 N–H and O–H groups in total. The van der Waals surface area contributed by atoms with Crippen LogP contribution in [0.2, 0.25) is 0 Å². The minimum Gasteiger partial charge on any atom is -0.301 e. The highest BCUT2D eigenvalue weighted by Gasteiger charge is 2.47. The number of rotatable bonds is 3. The Kier molecular flexibility index (Phi) is 5.30. The maximum absolute atomic E-state index is 13.1. The van der Waals surface area contributed by atoms with E-state index in [2.05, 4.69) is 16.7 Å². The molecule has 3 unspecified atom stereocenters. The van der Waals surface area contributed by atoms with Crippen molar-refractivity contribution < 1.29 is 18.0 Å². The van der Waals surface area contributed by atoms with Crippen molar-refractivity contribution in [2.45, 2.75) is 45.3 Å². The molecule has 21 heavy (non-hydrogen) atoms. The fourth-order valence-corrected chi connectivity index (χ4v) is 3.63. The number of alkyl halides is 3. The second-order valence-corrected chi connectivity index (χ2v) is 6.38. The molecule has 0 amide bonds. The van der Waals surface area contributed by atoms with Crippen molar-refractivity contribution in [2.75, 3.05) is 32.7 Å². The number of Topliss-reactive ketones (excluding diaryl/α,β-unsaturated/α-hetero) is 1. The Morgan fingerprint density at radius 2 is 1.71 bits per heavy atom. The molecular weight excluding hydrogens is 281 g/mol. The lowest BCUT2D eigenvalue weighted by Gasteiger charge is -2.44. The molecule has 1 aliphatic heterocycles. The molecule has 0 spiro atoms. The minimum absolute atomic E-state index is 0.0236. The lowest BCUT2D eigenvalue weighted by molar-refractivity contribution is -0.192. The van der Waals surface area contributed by atoms with Gasteiger partial charge in [-0.1, -0.05) is 6.92 Å². The molecule has 3 atom stereocenters. The number of halogens is 3. The Balaban J connectivity index is 2.02. The third-order valence-corrected chi connectivity index (χ3v) is 5.09. The molecule has 2 aliphatic rings. The highest BCUT2D eigenvalue weighted by atomic mass is 19.4. The molecular formula is C15H25F3N2O. The van der Waals surface area contributed by atoms with E-state index in [0.717, 1.165) is 32.7 Å². The van der Waals surface area contributed by atoms with Crippen molar-refractivity contribution in [1.29, 1.82) is 0 Å². The van der Waals surface area contributed by atoms with Crippen molar-refractivity contribution in [2.24, 2.45) is 11.8 Å². The van der Waals surface area contributed by atoms with Crippen molar-refractivity contribution in [3.8, 4) is 0 Å². The Morgan fingerprint density at radius 3 is 2.19 bits per heavy atom. The number of carbonyl (C=O) groups excluding carboxylic acids is 1. The number of likely N-dealkylation sites (N-methyl/N-ethyl adjacent to an activating group) is 1. The summed E-state index contributed by atoms with van der Waals surface area (Å²) in [6.07, 6.45) is -3.46. The van der Waals surface area contributed by atoms with Gasteiger partial charge in [0, 0.05) is 38.1 Å². The van der Waals surface area contributed by atoms with Gasteiger partial charge in [-0.05, 0) is 32.7 Å². The first kappa shape index (κ1) is 16.7. The Bertz CT molecular complexity index is 364. The van der Waals surface area contributed by atoms with Crippen molar-refractivity contribution in [3.05, 3.63) is 0 Å². The largest absolute Gasteiger partial charge is 0.391 e. The molecule has 2 fully saturated rings. The van der Waals surface area contributed by atoms with E-state index in [4.69, 9.17) is 0 Å². The first-order chi connectivity index (χ1) is 9.81. The van der Waals surface area contributed by atoms with E-state index >= 15 is 0 Å². The number of hydrogen-bond donors (Lipinski definition) is 0. The minimum atomic E-state index is -4.18. The number of nitrogens with zero attached hydrogens (tertiary/aromatic N) is 2. The molecule has 122 valence electrons. The maximum Gasteiger partial charge on any atom is 0.391 e. The summed E-state index contributed by atoms with van der Waals surface area (Å²) in [4.78, 5) is 16.1. The van der Waals surface area contributed by atoms with Crippen LogP contribution in [0.15, 0.2) is 0 Å². The summed E-state index contributed by atoms with van der Waals surface area (Å²) in [5.41, 5.74) is 0. The van der Waals surface area contributed by atoms with Gasteiger partial charge in [0.25, 0.3) is 0 Å².